The molecule has 1 aliphatic heterocycles. The number of carbonyl (C=O) groups is 1. The maximum atomic E-state index is 12.4. The maximum absolute atomic E-state index is 12.4. The van der Waals surface area contributed by atoms with E-state index in [1.165, 1.54) is 31.0 Å². The van der Waals surface area contributed by atoms with E-state index < -0.39 is 16.9 Å². The molecule has 0 saturated carbocycles. The molecule has 9 heteroatoms. The Labute approximate surface area is 178 Å². The van der Waals surface area contributed by atoms with Gasteiger partial charge in [-0.2, -0.15) is 0 Å². The van der Waals surface area contributed by atoms with Gasteiger partial charge in [-0.25, -0.2) is 9.79 Å². The minimum absolute atomic E-state index is 0.0221. The van der Waals surface area contributed by atoms with Gasteiger partial charge >= 0.3 is 5.97 Å². The fourth-order valence-corrected chi connectivity index (χ4v) is 3.89. The average molecular weight is 427 g/mol. The number of nitro groups is 1. The lowest BCUT2D eigenvalue weighted by atomic mass is 9.96. The van der Waals surface area contributed by atoms with Crippen LogP contribution in [0.4, 0.5) is 5.69 Å². The van der Waals surface area contributed by atoms with Crippen LogP contribution in [-0.4, -0.2) is 30.3 Å². The predicted molar refractivity (Wildman–Crippen MR) is 115 cm³/mol. The Kier molecular flexibility index (Phi) is 6.73. The zero-order valence-electron chi connectivity index (χ0n) is 16.7. The van der Waals surface area contributed by atoms with Crippen LogP contribution in [-0.2, 0) is 15.3 Å². The monoisotopic (exact) mass is 427 g/mol. The summed E-state index contributed by atoms with van der Waals surface area (Å²) in [6.07, 6.45) is 0. The van der Waals surface area contributed by atoms with E-state index >= 15 is 0 Å². The predicted octanol–water partition coefficient (Wildman–Crippen LogP) is 3.98. The summed E-state index contributed by atoms with van der Waals surface area (Å²) in [7, 11) is 2.93. The molecule has 2 aromatic rings. The minimum Gasteiger partial charge on any atom is -0.497 e. The van der Waals surface area contributed by atoms with E-state index in [2.05, 4.69) is 5.32 Å². The molecule has 1 heterocycles. The summed E-state index contributed by atoms with van der Waals surface area (Å²) >= 11 is 1.50. The highest BCUT2D eigenvalue weighted by Crippen LogP contribution is 2.34. The van der Waals surface area contributed by atoms with Crippen LogP contribution in [0.2, 0.25) is 0 Å². The molecule has 156 valence electrons. The van der Waals surface area contributed by atoms with Crippen molar-refractivity contribution in [3.8, 4) is 5.75 Å². The highest BCUT2D eigenvalue weighted by molar-refractivity contribution is 8.13. The first-order valence-corrected chi connectivity index (χ1v) is 10.1. The van der Waals surface area contributed by atoms with Gasteiger partial charge in [0.25, 0.3) is 5.69 Å². The number of aliphatic imine (C=N–C) groups is 1. The third-order valence-electron chi connectivity index (χ3n) is 4.58. The first-order chi connectivity index (χ1) is 14.4. The molecule has 0 bridgehead atoms. The Morgan fingerprint density at radius 1 is 1.17 bits per heavy atom. The molecule has 0 aromatic heterocycles. The number of benzene rings is 2. The number of nitrogens with zero attached hydrogens (tertiary/aromatic N) is 2. The van der Waals surface area contributed by atoms with E-state index in [4.69, 9.17) is 14.5 Å². The van der Waals surface area contributed by atoms with Gasteiger partial charge in [0.2, 0.25) is 0 Å². The van der Waals surface area contributed by atoms with Crippen molar-refractivity contribution in [1.82, 2.24) is 5.32 Å². The molecule has 1 N–H and O–H groups in total. The number of ether oxygens (including phenoxy) is 2. The number of hydrogen-bond donors (Lipinski definition) is 1. The molecule has 2 aromatic carbocycles. The van der Waals surface area contributed by atoms with E-state index in [9.17, 15) is 14.9 Å². The Balaban J connectivity index is 1.86. The second kappa shape index (κ2) is 9.45. The Morgan fingerprint density at radius 3 is 2.40 bits per heavy atom. The third-order valence-corrected chi connectivity index (χ3v) is 5.54. The average Bonchev–Trinajstić information content (AvgIpc) is 2.77. The largest absolute Gasteiger partial charge is 0.497 e. The highest BCUT2D eigenvalue weighted by atomic mass is 32.2. The summed E-state index contributed by atoms with van der Waals surface area (Å²) in [5.41, 5.74) is 2.76. The van der Waals surface area contributed by atoms with Gasteiger partial charge in [0, 0.05) is 23.6 Å². The number of nitrogens with one attached hydrogen (secondary N) is 1. The molecular formula is C21H21N3O5S. The smallest absolute Gasteiger partial charge is 0.338 e. The second-order valence-corrected chi connectivity index (χ2v) is 7.44. The number of methoxy groups -OCH3 is 2. The Morgan fingerprint density at radius 2 is 1.83 bits per heavy atom. The van der Waals surface area contributed by atoms with Gasteiger partial charge in [0.1, 0.15) is 11.8 Å². The van der Waals surface area contributed by atoms with E-state index in [1.807, 2.05) is 24.3 Å². The number of allylic oxidation sites excluding steroid dienone is 1. The summed E-state index contributed by atoms with van der Waals surface area (Å²) in [5, 5.41) is 14.8. The quantitative estimate of drug-likeness (QED) is 0.422. The van der Waals surface area contributed by atoms with Gasteiger partial charge in [-0.1, -0.05) is 23.9 Å². The van der Waals surface area contributed by atoms with Crippen molar-refractivity contribution in [1.29, 1.82) is 0 Å². The fourth-order valence-electron chi connectivity index (χ4n) is 2.99. The Hall–Kier alpha value is -3.33. The standard InChI is InChI=1S/C21H21N3O5S/c1-13-18(20(25)29-3)19(15-6-8-16(9-7-15)24(26)27)23-21(22-13)30-12-14-4-10-17(28-2)11-5-14/h4-11,19H,12H2,1-3H3,(H,22,23). The van der Waals surface area contributed by atoms with Crippen molar-refractivity contribution >= 4 is 28.6 Å². The van der Waals surface area contributed by atoms with E-state index in [-0.39, 0.29) is 5.69 Å². The fraction of sp³-hybridized carbons (Fsp3) is 0.238. The molecule has 0 fully saturated rings. The maximum Gasteiger partial charge on any atom is 0.338 e. The molecule has 0 amide bonds. The molecule has 0 radical (unpaired) electrons. The number of carbonyl (C=O) groups excluding carboxylic acids is 1. The van der Waals surface area contributed by atoms with Crippen molar-refractivity contribution in [2.75, 3.05) is 14.2 Å². The van der Waals surface area contributed by atoms with Crippen LogP contribution in [0.3, 0.4) is 0 Å². The normalized spacial score (nSPS) is 15.8. The van der Waals surface area contributed by atoms with Crippen molar-refractivity contribution in [3.63, 3.8) is 0 Å². The SMILES string of the molecule is COC(=O)C1=C(C)NC(SCc2ccc(OC)cc2)=NC1c1ccc([N+](=O)[O-])cc1. The molecule has 30 heavy (non-hydrogen) atoms. The van der Waals surface area contributed by atoms with E-state index in [0.29, 0.717) is 27.8 Å². The van der Waals surface area contributed by atoms with Gasteiger partial charge in [-0.3, -0.25) is 10.1 Å². The van der Waals surface area contributed by atoms with Crippen LogP contribution >= 0.6 is 11.8 Å². The first-order valence-electron chi connectivity index (χ1n) is 9.07. The lowest BCUT2D eigenvalue weighted by Gasteiger charge is -2.25. The number of non-ortho nitro benzene ring substituents is 1. The number of thioether (sulfide) groups is 1. The van der Waals surface area contributed by atoms with Crippen LogP contribution < -0.4 is 10.1 Å². The van der Waals surface area contributed by atoms with Crippen LogP contribution in [0.1, 0.15) is 24.1 Å². The van der Waals surface area contributed by atoms with Crippen LogP contribution in [0.15, 0.2) is 64.8 Å². The number of amidine groups is 1. The number of hydrogen-bond acceptors (Lipinski definition) is 8. The van der Waals surface area contributed by atoms with Crippen LogP contribution in [0.25, 0.3) is 0 Å². The number of nitro benzene ring substituents is 1. The molecule has 0 aliphatic carbocycles. The zero-order valence-corrected chi connectivity index (χ0v) is 17.6. The van der Waals surface area contributed by atoms with E-state index in [0.717, 1.165) is 11.3 Å². The van der Waals surface area contributed by atoms with Crippen LogP contribution in [0.5, 0.6) is 5.75 Å². The minimum atomic E-state index is -0.613. The molecule has 0 spiro atoms. The molecule has 3 rings (SSSR count). The third kappa shape index (κ3) is 4.80. The van der Waals surface area contributed by atoms with Crippen LogP contribution in [0, 0.1) is 10.1 Å². The topological polar surface area (TPSA) is 103 Å². The summed E-state index contributed by atoms with van der Waals surface area (Å²) in [5.74, 6) is 0.965. The first kappa shape index (κ1) is 21.4. The molecule has 1 atom stereocenters. The summed E-state index contributed by atoms with van der Waals surface area (Å²) in [4.78, 5) is 27.5. The molecule has 1 aliphatic rings. The molecular weight excluding hydrogens is 406 g/mol. The summed E-state index contributed by atoms with van der Waals surface area (Å²) in [6.45, 7) is 1.78. The van der Waals surface area contributed by atoms with Crippen molar-refractivity contribution in [2.45, 2.75) is 18.7 Å². The lowest BCUT2D eigenvalue weighted by molar-refractivity contribution is -0.384. The number of rotatable bonds is 6. The van der Waals surface area contributed by atoms with E-state index in [1.54, 1.807) is 26.2 Å². The van der Waals surface area contributed by atoms with Gasteiger partial charge < -0.3 is 14.8 Å². The number of esters is 1. The molecule has 8 nitrogen and oxygen atoms in total. The van der Waals surface area contributed by atoms with Gasteiger partial charge in [-0.15, -0.1) is 0 Å². The van der Waals surface area contributed by atoms with Crippen molar-refractivity contribution < 1.29 is 19.2 Å². The van der Waals surface area contributed by atoms with Gasteiger partial charge in [-0.05, 0) is 42.3 Å². The molecule has 0 saturated heterocycles. The summed E-state index contributed by atoms with van der Waals surface area (Å²) in [6, 6.07) is 13.2. The van der Waals surface area contributed by atoms with Crippen molar-refractivity contribution in [2.24, 2.45) is 4.99 Å². The van der Waals surface area contributed by atoms with Gasteiger partial charge in [0.05, 0.1) is 24.7 Å². The highest BCUT2D eigenvalue weighted by Gasteiger charge is 2.30. The Bertz CT molecular complexity index is 1000. The zero-order chi connectivity index (χ0) is 21.7. The van der Waals surface area contributed by atoms with Crippen molar-refractivity contribution in [3.05, 3.63) is 81.0 Å². The second-order valence-electron chi connectivity index (χ2n) is 6.48. The molecule has 1 unspecified atom stereocenters. The summed E-state index contributed by atoms with van der Waals surface area (Å²) < 4.78 is 10.1. The van der Waals surface area contributed by atoms with Gasteiger partial charge in [0.15, 0.2) is 5.17 Å². The lowest BCUT2D eigenvalue weighted by Crippen LogP contribution is -2.30.